The van der Waals surface area contributed by atoms with Gasteiger partial charge in [0.1, 0.15) is 12.6 Å². The summed E-state index contributed by atoms with van der Waals surface area (Å²) in [5.41, 5.74) is 0.982. The van der Waals surface area contributed by atoms with E-state index < -0.39 is 40.0 Å². The first-order valence-corrected chi connectivity index (χ1v) is 15.1. The van der Waals surface area contributed by atoms with Gasteiger partial charge in [-0.05, 0) is 88.7 Å². The third-order valence-electron chi connectivity index (χ3n) is 6.03. The molecule has 0 aliphatic heterocycles. The van der Waals surface area contributed by atoms with E-state index in [4.69, 9.17) is 34.8 Å². The highest BCUT2D eigenvalue weighted by atomic mass is 35.5. The maximum atomic E-state index is 14.0. The van der Waals surface area contributed by atoms with Gasteiger partial charge in [0.25, 0.3) is 10.0 Å². The summed E-state index contributed by atoms with van der Waals surface area (Å²) in [5, 5.41) is 3.89. The van der Waals surface area contributed by atoms with Crippen LogP contribution in [0.3, 0.4) is 0 Å². The van der Waals surface area contributed by atoms with Crippen molar-refractivity contribution < 1.29 is 18.0 Å². The molecule has 0 fully saturated rings. The predicted molar refractivity (Wildman–Crippen MR) is 162 cm³/mol. The Balaban J connectivity index is 2.08. The highest BCUT2D eigenvalue weighted by Gasteiger charge is 2.34. The van der Waals surface area contributed by atoms with Gasteiger partial charge in [-0.25, -0.2) is 8.42 Å². The lowest BCUT2D eigenvalue weighted by molar-refractivity contribution is -0.140. The third-order valence-corrected chi connectivity index (χ3v) is 8.77. The topological polar surface area (TPSA) is 86.8 Å². The van der Waals surface area contributed by atoms with Crippen molar-refractivity contribution in [2.45, 2.75) is 57.6 Å². The number of rotatable bonds is 9. The SMILES string of the molecule is Cc1cccc(N(CC(=O)N(Cc2c(Cl)cccc2Cl)[C@H](C)C(=O)NC(C)(C)C)S(=O)(=O)c2ccc(Cl)cc2)c1. The lowest BCUT2D eigenvalue weighted by atomic mass is 10.1. The van der Waals surface area contributed by atoms with Gasteiger partial charge in [-0.1, -0.05) is 53.0 Å². The molecule has 0 saturated heterocycles. The molecule has 0 saturated carbocycles. The standard InChI is InChI=1S/C29H32Cl3N3O4S/c1-19-8-6-9-22(16-19)35(40(38,39)23-14-12-21(30)13-15-23)18-27(36)34(20(2)28(37)33-29(3,4)5)17-24-25(31)10-7-11-26(24)32/h6-16,20H,17-18H2,1-5H3,(H,33,37)/t20-/m1/s1. The van der Waals surface area contributed by atoms with E-state index in [1.165, 1.54) is 29.2 Å². The number of hydrogen-bond acceptors (Lipinski definition) is 4. The zero-order valence-corrected chi connectivity index (χ0v) is 26.0. The van der Waals surface area contributed by atoms with Crippen molar-refractivity contribution >= 4 is 62.3 Å². The molecule has 0 spiro atoms. The fraction of sp³-hybridized carbons (Fsp3) is 0.310. The summed E-state index contributed by atoms with van der Waals surface area (Å²) in [6.07, 6.45) is 0. The number of anilines is 1. The van der Waals surface area contributed by atoms with E-state index >= 15 is 0 Å². The quantitative estimate of drug-likeness (QED) is 0.295. The fourth-order valence-corrected chi connectivity index (χ4v) is 6.00. The van der Waals surface area contributed by atoms with Gasteiger partial charge in [0.05, 0.1) is 10.6 Å². The van der Waals surface area contributed by atoms with Crippen LogP contribution in [0.2, 0.25) is 15.1 Å². The number of halogens is 3. The van der Waals surface area contributed by atoms with E-state index in [2.05, 4.69) is 5.32 Å². The molecule has 0 bridgehead atoms. The number of nitrogens with one attached hydrogen (secondary N) is 1. The minimum Gasteiger partial charge on any atom is -0.350 e. The number of carbonyl (C=O) groups excluding carboxylic acids is 2. The molecule has 3 aromatic rings. The third kappa shape index (κ3) is 7.91. The number of benzene rings is 3. The Hall–Kier alpha value is -2.78. The molecule has 3 aromatic carbocycles. The summed E-state index contributed by atoms with van der Waals surface area (Å²) in [6.45, 7) is 8.19. The minimum atomic E-state index is -4.21. The first kappa shape index (κ1) is 31.7. The number of sulfonamides is 1. The molecule has 0 aliphatic carbocycles. The van der Waals surface area contributed by atoms with Gasteiger partial charge >= 0.3 is 0 Å². The zero-order valence-electron chi connectivity index (χ0n) is 22.9. The smallest absolute Gasteiger partial charge is 0.264 e. The molecule has 0 radical (unpaired) electrons. The first-order chi connectivity index (χ1) is 18.6. The second-order valence-electron chi connectivity index (χ2n) is 10.4. The molecule has 7 nitrogen and oxygen atoms in total. The van der Waals surface area contributed by atoms with E-state index in [0.717, 1.165) is 9.87 Å². The summed E-state index contributed by atoms with van der Waals surface area (Å²) in [6, 6.07) is 16.5. The summed E-state index contributed by atoms with van der Waals surface area (Å²) < 4.78 is 28.8. The molecular weight excluding hydrogens is 593 g/mol. The summed E-state index contributed by atoms with van der Waals surface area (Å²) >= 11 is 18.8. The lowest BCUT2D eigenvalue weighted by Gasteiger charge is -2.34. The minimum absolute atomic E-state index is 0.0366. The molecule has 1 atom stereocenters. The van der Waals surface area contributed by atoms with Crippen molar-refractivity contribution in [2.75, 3.05) is 10.8 Å². The van der Waals surface area contributed by atoms with Gasteiger partial charge in [-0.3, -0.25) is 13.9 Å². The van der Waals surface area contributed by atoms with E-state index in [1.807, 2.05) is 33.8 Å². The van der Waals surface area contributed by atoms with Crippen LogP contribution < -0.4 is 9.62 Å². The van der Waals surface area contributed by atoms with Crippen LogP contribution in [0.15, 0.2) is 71.6 Å². The normalized spacial score (nSPS) is 12.5. The molecule has 0 unspecified atom stereocenters. The predicted octanol–water partition coefficient (Wildman–Crippen LogP) is 6.48. The van der Waals surface area contributed by atoms with Crippen LogP contribution in [-0.2, 0) is 26.2 Å². The Morgan fingerprint density at radius 1 is 0.925 bits per heavy atom. The van der Waals surface area contributed by atoms with Gasteiger partial charge in [0.15, 0.2) is 0 Å². The average Bonchev–Trinajstić information content (AvgIpc) is 2.85. The van der Waals surface area contributed by atoms with Crippen molar-refractivity contribution in [1.82, 2.24) is 10.2 Å². The molecule has 0 aliphatic rings. The molecule has 40 heavy (non-hydrogen) atoms. The van der Waals surface area contributed by atoms with Crippen molar-refractivity contribution in [2.24, 2.45) is 0 Å². The van der Waals surface area contributed by atoms with Crippen LogP contribution in [0.25, 0.3) is 0 Å². The summed E-state index contributed by atoms with van der Waals surface area (Å²) in [5.74, 6) is -1.03. The summed E-state index contributed by atoms with van der Waals surface area (Å²) in [7, 11) is -4.21. The summed E-state index contributed by atoms with van der Waals surface area (Å²) in [4.78, 5) is 28.5. The second-order valence-corrected chi connectivity index (χ2v) is 13.6. The number of hydrogen-bond donors (Lipinski definition) is 1. The molecule has 11 heteroatoms. The van der Waals surface area contributed by atoms with E-state index in [1.54, 1.807) is 43.3 Å². The molecule has 1 N–H and O–H groups in total. The van der Waals surface area contributed by atoms with Gasteiger partial charge in [-0.15, -0.1) is 0 Å². The maximum Gasteiger partial charge on any atom is 0.264 e. The fourth-order valence-electron chi connectivity index (χ4n) is 3.96. The molecule has 0 aromatic heterocycles. The largest absolute Gasteiger partial charge is 0.350 e. The van der Waals surface area contributed by atoms with Crippen LogP contribution >= 0.6 is 34.8 Å². The molecule has 3 rings (SSSR count). The van der Waals surface area contributed by atoms with Gasteiger partial charge in [0.2, 0.25) is 11.8 Å². The Morgan fingerprint density at radius 2 is 1.50 bits per heavy atom. The van der Waals surface area contributed by atoms with Gasteiger partial charge in [-0.2, -0.15) is 0 Å². The van der Waals surface area contributed by atoms with Crippen molar-refractivity contribution in [3.63, 3.8) is 0 Å². The number of carbonyl (C=O) groups is 2. The van der Waals surface area contributed by atoms with Gasteiger partial charge in [0, 0.05) is 32.7 Å². The van der Waals surface area contributed by atoms with E-state index in [-0.39, 0.29) is 11.4 Å². The molecule has 0 heterocycles. The van der Waals surface area contributed by atoms with Crippen LogP contribution in [0.5, 0.6) is 0 Å². The van der Waals surface area contributed by atoms with E-state index in [9.17, 15) is 18.0 Å². The number of aryl methyl sites for hydroxylation is 1. The highest BCUT2D eigenvalue weighted by molar-refractivity contribution is 7.92. The van der Waals surface area contributed by atoms with Crippen LogP contribution in [0.1, 0.15) is 38.8 Å². The Labute approximate surface area is 251 Å². The van der Waals surface area contributed by atoms with Crippen molar-refractivity contribution in [3.05, 3.63) is 92.9 Å². The van der Waals surface area contributed by atoms with Crippen LogP contribution in [0.4, 0.5) is 5.69 Å². The Morgan fingerprint density at radius 3 is 2.05 bits per heavy atom. The van der Waals surface area contributed by atoms with Crippen LogP contribution in [0, 0.1) is 6.92 Å². The monoisotopic (exact) mass is 623 g/mol. The average molecular weight is 625 g/mol. The zero-order chi connectivity index (χ0) is 29.8. The first-order valence-electron chi connectivity index (χ1n) is 12.5. The lowest BCUT2D eigenvalue weighted by Crippen LogP contribution is -2.54. The van der Waals surface area contributed by atoms with Crippen LogP contribution in [-0.4, -0.2) is 43.3 Å². The van der Waals surface area contributed by atoms with E-state index in [0.29, 0.717) is 26.3 Å². The Kier molecular flexibility index (Phi) is 10.2. The molecule has 2 amide bonds. The second kappa shape index (κ2) is 12.8. The number of nitrogens with zero attached hydrogens (tertiary/aromatic N) is 2. The van der Waals surface area contributed by atoms with Gasteiger partial charge < -0.3 is 10.2 Å². The number of amides is 2. The highest BCUT2D eigenvalue weighted by Crippen LogP contribution is 2.29. The molecule has 214 valence electrons. The molecular formula is C29H32Cl3N3O4S. The Bertz CT molecular complexity index is 1470. The maximum absolute atomic E-state index is 14.0. The van der Waals surface area contributed by atoms with Crippen molar-refractivity contribution in [1.29, 1.82) is 0 Å². The van der Waals surface area contributed by atoms with Crippen molar-refractivity contribution in [3.8, 4) is 0 Å².